The van der Waals surface area contributed by atoms with Crippen LogP contribution in [0.1, 0.15) is 44.8 Å². The second-order valence-corrected chi connectivity index (χ2v) is 6.31. The number of nitrogens with zero attached hydrogens (tertiary/aromatic N) is 1. The van der Waals surface area contributed by atoms with Crippen molar-refractivity contribution in [1.29, 1.82) is 0 Å². The van der Waals surface area contributed by atoms with Crippen molar-refractivity contribution in [3.8, 4) is 0 Å². The summed E-state index contributed by atoms with van der Waals surface area (Å²) >= 11 is 1.22. The summed E-state index contributed by atoms with van der Waals surface area (Å²) in [4.78, 5) is 24.4. The maximum atomic E-state index is 12.4. The number of hydrogen-bond donors (Lipinski definition) is 1. The number of carbonyl (C=O) groups is 2. The van der Waals surface area contributed by atoms with Gasteiger partial charge in [-0.05, 0) is 30.2 Å². The number of thiophene rings is 1. The molecule has 0 aliphatic heterocycles. The summed E-state index contributed by atoms with van der Waals surface area (Å²) < 4.78 is 9.97. The second-order valence-electron chi connectivity index (χ2n) is 5.39. The number of rotatable bonds is 3. The maximum absolute atomic E-state index is 12.4. The number of anilines is 1. The number of amides is 1. The van der Waals surface area contributed by atoms with Crippen LogP contribution in [0.25, 0.3) is 0 Å². The van der Waals surface area contributed by atoms with Crippen molar-refractivity contribution in [2.24, 2.45) is 5.92 Å². The van der Waals surface area contributed by atoms with Crippen LogP contribution in [0.2, 0.25) is 0 Å². The van der Waals surface area contributed by atoms with Crippen molar-refractivity contribution < 1.29 is 18.8 Å². The molecular formula is C15H16N2O4S. The van der Waals surface area contributed by atoms with Gasteiger partial charge in [0.25, 0.3) is 5.91 Å². The number of aryl methyl sites for hydroxylation is 1. The van der Waals surface area contributed by atoms with Gasteiger partial charge in [-0.1, -0.05) is 12.1 Å². The first-order valence-corrected chi connectivity index (χ1v) is 7.92. The average molecular weight is 320 g/mol. The highest BCUT2D eigenvalue weighted by Gasteiger charge is 2.27. The number of carbonyl (C=O) groups excluding carboxylic acids is 2. The Morgan fingerprint density at radius 3 is 3.09 bits per heavy atom. The molecule has 7 heteroatoms. The molecule has 6 nitrogen and oxygen atoms in total. The van der Waals surface area contributed by atoms with Gasteiger partial charge in [0.05, 0.1) is 12.8 Å². The van der Waals surface area contributed by atoms with Gasteiger partial charge in [-0.3, -0.25) is 4.79 Å². The fourth-order valence-electron chi connectivity index (χ4n) is 2.60. The minimum absolute atomic E-state index is 0.309. The molecule has 1 atom stereocenters. The van der Waals surface area contributed by atoms with Crippen molar-refractivity contribution in [1.82, 2.24) is 5.16 Å². The fraction of sp³-hybridized carbons (Fsp3) is 0.400. The number of ether oxygens (including phenoxy) is 1. The highest BCUT2D eigenvalue weighted by Crippen LogP contribution is 2.29. The summed E-state index contributed by atoms with van der Waals surface area (Å²) in [6, 6.07) is 1.67. The quantitative estimate of drug-likeness (QED) is 0.879. The molecule has 0 fully saturated rings. The SMILES string of the molecule is COC(=O)c1sccc1NC(=O)c1noc2c1C[C@H](C)CC2. The number of methoxy groups -OCH3 is 1. The van der Waals surface area contributed by atoms with Gasteiger partial charge in [-0.2, -0.15) is 0 Å². The van der Waals surface area contributed by atoms with Gasteiger partial charge < -0.3 is 14.6 Å². The van der Waals surface area contributed by atoms with Gasteiger partial charge in [-0.15, -0.1) is 11.3 Å². The van der Waals surface area contributed by atoms with Crippen LogP contribution in [-0.4, -0.2) is 24.1 Å². The van der Waals surface area contributed by atoms with E-state index in [4.69, 9.17) is 9.26 Å². The van der Waals surface area contributed by atoms with E-state index in [0.29, 0.717) is 22.2 Å². The normalized spacial score (nSPS) is 16.9. The number of fused-ring (bicyclic) bond motifs is 1. The molecule has 2 heterocycles. The predicted octanol–water partition coefficient (Wildman–Crippen LogP) is 2.90. The number of nitrogens with one attached hydrogen (secondary N) is 1. The van der Waals surface area contributed by atoms with E-state index < -0.39 is 5.97 Å². The summed E-state index contributed by atoms with van der Waals surface area (Å²) in [6.07, 6.45) is 2.64. The molecule has 0 saturated heterocycles. The van der Waals surface area contributed by atoms with E-state index in [-0.39, 0.29) is 5.91 Å². The summed E-state index contributed by atoms with van der Waals surface area (Å²) in [6.45, 7) is 2.14. The zero-order valence-electron chi connectivity index (χ0n) is 12.3. The van der Waals surface area contributed by atoms with E-state index in [1.54, 1.807) is 11.4 Å². The standard InChI is InChI=1S/C15H16N2O4S/c1-8-3-4-11-9(7-8)12(17-21-11)14(18)16-10-5-6-22-13(10)15(19)20-2/h5-6,8H,3-4,7H2,1-2H3,(H,16,18)/t8-/m1/s1. The van der Waals surface area contributed by atoms with Crippen LogP contribution in [0.15, 0.2) is 16.0 Å². The average Bonchev–Trinajstić information content (AvgIpc) is 3.12. The monoisotopic (exact) mass is 320 g/mol. The van der Waals surface area contributed by atoms with Gasteiger partial charge in [0.1, 0.15) is 10.6 Å². The Morgan fingerprint density at radius 1 is 1.50 bits per heavy atom. The molecule has 0 unspecified atom stereocenters. The Bertz CT molecular complexity index is 719. The van der Waals surface area contributed by atoms with Crippen molar-refractivity contribution in [3.05, 3.63) is 33.3 Å². The first-order chi connectivity index (χ1) is 10.6. The van der Waals surface area contributed by atoms with Crippen LogP contribution in [0.5, 0.6) is 0 Å². The van der Waals surface area contributed by atoms with E-state index in [9.17, 15) is 9.59 Å². The number of hydrogen-bond acceptors (Lipinski definition) is 6. The van der Waals surface area contributed by atoms with Gasteiger partial charge in [0.15, 0.2) is 5.69 Å². The molecule has 0 aromatic carbocycles. The van der Waals surface area contributed by atoms with E-state index in [2.05, 4.69) is 17.4 Å². The topological polar surface area (TPSA) is 81.4 Å². The van der Waals surface area contributed by atoms with E-state index >= 15 is 0 Å². The smallest absolute Gasteiger partial charge is 0.350 e. The second kappa shape index (κ2) is 5.92. The molecule has 2 aromatic heterocycles. The van der Waals surface area contributed by atoms with E-state index in [1.165, 1.54) is 18.4 Å². The Labute approximate surface area is 131 Å². The number of esters is 1. The Kier molecular flexibility index (Phi) is 3.98. The highest BCUT2D eigenvalue weighted by molar-refractivity contribution is 7.12. The third-order valence-corrected chi connectivity index (χ3v) is 4.68. The summed E-state index contributed by atoms with van der Waals surface area (Å²) in [5, 5.41) is 8.35. The summed E-state index contributed by atoms with van der Waals surface area (Å²) in [5.41, 5.74) is 1.62. The fourth-order valence-corrected chi connectivity index (χ4v) is 3.36. The lowest BCUT2D eigenvalue weighted by Crippen LogP contribution is -2.18. The van der Waals surface area contributed by atoms with Crippen LogP contribution in [-0.2, 0) is 17.6 Å². The van der Waals surface area contributed by atoms with Gasteiger partial charge >= 0.3 is 5.97 Å². The minimum atomic E-state index is -0.471. The molecule has 116 valence electrons. The molecule has 2 aromatic rings. The third kappa shape index (κ3) is 2.64. The van der Waals surface area contributed by atoms with Gasteiger partial charge in [0.2, 0.25) is 0 Å². The third-order valence-electron chi connectivity index (χ3n) is 3.79. The van der Waals surface area contributed by atoms with Crippen LogP contribution < -0.4 is 5.32 Å². The first-order valence-electron chi connectivity index (χ1n) is 7.04. The molecule has 0 spiro atoms. The Balaban J connectivity index is 1.83. The lowest BCUT2D eigenvalue weighted by Gasteiger charge is -2.16. The van der Waals surface area contributed by atoms with Crippen molar-refractivity contribution >= 4 is 28.9 Å². The minimum Gasteiger partial charge on any atom is -0.465 e. The zero-order chi connectivity index (χ0) is 15.7. The highest BCUT2D eigenvalue weighted by atomic mass is 32.1. The van der Waals surface area contributed by atoms with Crippen molar-refractivity contribution in [2.45, 2.75) is 26.2 Å². The lowest BCUT2D eigenvalue weighted by atomic mass is 9.88. The Hall–Kier alpha value is -2.15. The molecule has 0 saturated carbocycles. The molecule has 1 aliphatic carbocycles. The first kappa shape index (κ1) is 14.8. The zero-order valence-corrected chi connectivity index (χ0v) is 13.2. The van der Waals surface area contributed by atoms with Crippen LogP contribution in [0.3, 0.4) is 0 Å². The van der Waals surface area contributed by atoms with Crippen molar-refractivity contribution in [3.63, 3.8) is 0 Å². The molecule has 3 rings (SSSR count). The van der Waals surface area contributed by atoms with Gasteiger partial charge in [0, 0.05) is 12.0 Å². The van der Waals surface area contributed by atoms with Crippen LogP contribution in [0.4, 0.5) is 5.69 Å². The van der Waals surface area contributed by atoms with Crippen LogP contribution >= 0.6 is 11.3 Å². The maximum Gasteiger partial charge on any atom is 0.350 e. The molecule has 1 amide bonds. The van der Waals surface area contributed by atoms with Crippen molar-refractivity contribution in [2.75, 3.05) is 12.4 Å². The molecular weight excluding hydrogens is 304 g/mol. The lowest BCUT2D eigenvalue weighted by molar-refractivity contribution is 0.0607. The molecule has 1 N–H and O–H groups in total. The van der Waals surface area contributed by atoms with E-state index in [0.717, 1.165) is 30.6 Å². The molecule has 0 bridgehead atoms. The largest absolute Gasteiger partial charge is 0.465 e. The predicted molar refractivity (Wildman–Crippen MR) is 81.3 cm³/mol. The van der Waals surface area contributed by atoms with Crippen LogP contribution in [0, 0.1) is 5.92 Å². The molecule has 1 aliphatic rings. The van der Waals surface area contributed by atoms with E-state index in [1.807, 2.05) is 0 Å². The Morgan fingerprint density at radius 2 is 2.32 bits per heavy atom. The molecule has 22 heavy (non-hydrogen) atoms. The number of aromatic nitrogens is 1. The molecule has 0 radical (unpaired) electrons. The summed E-state index contributed by atoms with van der Waals surface area (Å²) in [5.74, 6) is 0.468. The van der Waals surface area contributed by atoms with Gasteiger partial charge in [-0.25, -0.2) is 4.79 Å². The summed E-state index contributed by atoms with van der Waals surface area (Å²) in [7, 11) is 1.31.